The second kappa shape index (κ2) is 5.53. The number of carbonyl (C=O) groups is 2. The van der Waals surface area contributed by atoms with E-state index >= 15 is 0 Å². The molecule has 0 aromatic carbocycles. The summed E-state index contributed by atoms with van der Waals surface area (Å²) in [6, 6.07) is -1.69. The largest absolute Gasteiger partial charge is 0.480 e. The van der Waals surface area contributed by atoms with E-state index in [1.54, 1.807) is 6.92 Å². The third-order valence-corrected chi connectivity index (χ3v) is 4.82. The molecule has 1 aromatic rings. The van der Waals surface area contributed by atoms with E-state index < -0.39 is 27.8 Å². The van der Waals surface area contributed by atoms with Gasteiger partial charge in [-0.3, -0.25) is 9.48 Å². The van der Waals surface area contributed by atoms with Gasteiger partial charge in [0.1, 0.15) is 4.75 Å². The van der Waals surface area contributed by atoms with E-state index in [0.29, 0.717) is 0 Å². The highest BCUT2D eigenvalue weighted by Gasteiger charge is 2.54. The molecule has 1 fully saturated rings. The summed E-state index contributed by atoms with van der Waals surface area (Å²) in [5.74, 6) is -1.66. The highest BCUT2D eigenvalue weighted by molar-refractivity contribution is 7.80. The van der Waals surface area contributed by atoms with Crippen molar-refractivity contribution in [2.75, 3.05) is 0 Å². The SMILES string of the molecule is C[C@@H]1CC(=O)N1[C@@H](C(=O)O)[C@](C)(Cn1ccnn1)S(=O)O. The Kier molecular flexibility index (Phi) is 4.10. The van der Waals surface area contributed by atoms with Crippen LogP contribution >= 0.6 is 0 Å². The number of likely N-dealkylation sites (tertiary alicyclic amines) is 1. The standard InChI is InChI=1S/C11H16N4O5S/c1-7-5-8(16)15(7)9(10(17)18)11(2,21(19)20)6-14-4-3-12-13-14/h3-4,7,9H,5-6H2,1-2H3,(H,17,18)(H,19,20)/t7-,9+,11+/m1/s1. The zero-order chi connectivity index (χ0) is 15.8. The van der Waals surface area contributed by atoms with Gasteiger partial charge in [-0.15, -0.1) is 5.10 Å². The van der Waals surface area contributed by atoms with Crippen LogP contribution in [0, 0.1) is 0 Å². The lowest BCUT2D eigenvalue weighted by molar-refractivity contribution is -0.163. The monoisotopic (exact) mass is 316 g/mol. The Balaban J connectivity index is 2.39. The van der Waals surface area contributed by atoms with E-state index in [1.807, 2.05) is 0 Å². The first-order chi connectivity index (χ1) is 9.77. The summed E-state index contributed by atoms with van der Waals surface area (Å²) in [6.07, 6.45) is 3.08. The van der Waals surface area contributed by atoms with Crippen molar-refractivity contribution in [3.63, 3.8) is 0 Å². The minimum absolute atomic E-state index is 0.149. The van der Waals surface area contributed by atoms with E-state index in [1.165, 1.54) is 24.0 Å². The number of aromatic nitrogens is 3. The fraction of sp³-hybridized carbons (Fsp3) is 0.636. The molecular formula is C11H16N4O5S. The predicted octanol–water partition coefficient (Wildman–Crippen LogP) is -0.667. The number of nitrogens with zero attached hydrogens (tertiary/aromatic N) is 4. The van der Waals surface area contributed by atoms with Crippen LogP contribution in [0.2, 0.25) is 0 Å². The molecule has 1 unspecified atom stereocenters. The number of hydrogen-bond acceptors (Lipinski definition) is 5. The summed E-state index contributed by atoms with van der Waals surface area (Å²) in [4.78, 5) is 24.5. The Labute approximate surface area is 123 Å². The van der Waals surface area contributed by atoms with Crippen LogP contribution in [0.3, 0.4) is 0 Å². The molecule has 9 nitrogen and oxygen atoms in total. The van der Waals surface area contributed by atoms with Crippen LogP contribution in [0.15, 0.2) is 12.4 Å². The Morgan fingerprint density at radius 2 is 2.33 bits per heavy atom. The predicted molar refractivity (Wildman–Crippen MR) is 71.5 cm³/mol. The smallest absolute Gasteiger partial charge is 0.328 e. The van der Waals surface area contributed by atoms with Gasteiger partial charge < -0.3 is 14.6 Å². The lowest BCUT2D eigenvalue weighted by Crippen LogP contribution is -2.67. The van der Waals surface area contributed by atoms with Gasteiger partial charge in [0.2, 0.25) is 5.91 Å². The minimum Gasteiger partial charge on any atom is -0.480 e. The molecule has 1 saturated heterocycles. The Bertz CT molecular complexity index is 577. The second-order valence-electron chi connectivity index (χ2n) is 5.26. The number of carbonyl (C=O) groups excluding carboxylic acids is 1. The molecule has 1 aliphatic rings. The summed E-state index contributed by atoms with van der Waals surface area (Å²) in [6.45, 7) is 2.90. The van der Waals surface area contributed by atoms with Crippen LogP contribution in [0.4, 0.5) is 0 Å². The molecule has 21 heavy (non-hydrogen) atoms. The second-order valence-corrected chi connectivity index (χ2v) is 6.69. The topological polar surface area (TPSA) is 126 Å². The highest BCUT2D eigenvalue weighted by Crippen LogP contribution is 2.32. The molecule has 10 heteroatoms. The van der Waals surface area contributed by atoms with E-state index in [0.717, 1.165) is 4.90 Å². The Morgan fingerprint density at radius 3 is 2.71 bits per heavy atom. The van der Waals surface area contributed by atoms with E-state index in [4.69, 9.17) is 0 Å². The van der Waals surface area contributed by atoms with Gasteiger partial charge >= 0.3 is 5.97 Å². The molecule has 116 valence electrons. The summed E-state index contributed by atoms with van der Waals surface area (Å²) in [7, 11) is 0. The third-order valence-electron chi connectivity index (χ3n) is 3.67. The van der Waals surface area contributed by atoms with Crippen LogP contribution in [-0.2, 0) is 27.2 Å². The van der Waals surface area contributed by atoms with Crippen molar-refractivity contribution in [2.24, 2.45) is 0 Å². The fourth-order valence-corrected chi connectivity index (χ4v) is 3.19. The molecule has 1 amide bonds. The molecule has 2 rings (SSSR count). The lowest BCUT2D eigenvalue weighted by atomic mass is 9.91. The van der Waals surface area contributed by atoms with Gasteiger partial charge in [0.05, 0.1) is 12.7 Å². The van der Waals surface area contributed by atoms with Crippen LogP contribution < -0.4 is 0 Å². The first-order valence-corrected chi connectivity index (χ1v) is 7.37. The number of carboxylic acid groups (broad SMARTS) is 1. The van der Waals surface area contributed by atoms with Crippen molar-refractivity contribution in [3.05, 3.63) is 12.4 Å². The van der Waals surface area contributed by atoms with Gasteiger partial charge in [-0.05, 0) is 13.8 Å². The molecule has 0 radical (unpaired) electrons. The molecule has 0 spiro atoms. The van der Waals surface area contributed by atoms with E-state index in [-0.39, 0.29) is 24.9 Å². The van der Waals surface area contributed by atoms with Crippen molar-refractivity contribution < 1.29 is 23.5 Å². The van der Waals surface area contributed by atoms with Crippen molar-refractivity contribution in [3.8, 4) is 0 Å². The van der Waals surface area contributed by atoms with Gasteiger partial charge in [0.25, 0.3) is 0 Å². The maximum absolute atomic E-state index is 11.8. The number of β-lactam (4-membered cyclic amide) rings is 1. The lowest BCUT2D eigenvalue weighted by Gasteiger charge is -2.47. The Hall–Kier alpha value is -1.81. The molecule has 2 heterocycles. The highest BCUT2D eigenvalue weighted by atomic mass is 32.2. The average molecular weight is 316 g/mol. The molecule has 4 atom stereocenters. The van der Waals surface area contributed by atoms with Gasteiger partial charge in [-0.1, -0.05) is 5.21 Å². The first kappa shape index (κ1) is 15.6. The summed E-state index contributed by atoms with van der Waals surface area (Å²) < 4.78 is 21.1. The third kappa shape index (κ3) is 2.68. The average Bonchev–Trinajstić information content (AvgIpc) is 2.87. The van der Waals surface area contributed by atoms with Gasteiger partial charge in [0, 0.05) is 18.7 Å². The number of rotatable bonds is 6. The summed E-state index contributed by atoms with van der Waals surface area (Å²) >= 11 is -2.49. The van der Waals surface area contributed by atoms with E-state index in [2.05, 4.69) is 10.3 Å². The van der Waals surface area contributed by atoms with Crippen LogP contribution in [0.1, 0.15) is 20.3 Å². The molecule has 0 saturated carbocycles. The zero-order valence-corrected chi connectivity index (χ0v) is 12.4. The van der Waals surface area contributed by atoms with Crippen LogP contribution in [0.5, 0.6) is 0 Å². The molecule has 1 aromatic heterocycles. The van der Waals surface area contributed by atoms with Gasteiger partial charge in [-0.25, -0.2) is 9.00 Å². The molecule has 2 N–H and O–H groups in total. The molecule has 0 aliphatic carbocycles. The van der Waals surface area contributed by atoms with Crippen LogP contribution in [0.25, 0.3) is 0 Å². The van der Waals surface area contributed by atoms with Gasteiger partial charge in [0.15, 0.2) is 17.1 Å². The number of carboxylic acids is 1. The van der Waals surface area contributed by atoms with E-state index in [9.17, 15) is 23.5 Å². The minimum atomic E-state index is -2.49. The molecular weight excluding hydrogens is 300 g/mol. The first-order valence-electron chi connectivity index (χ1n) is 6.26. The zero-order valence-electron chi connectivity index (χ0n) is 11.5. The summed E-state index contributed by atoms with van der Waals surface area (Å²) in [5.41, 5.74) is 0. The van der Waals surface area contributed by atoms with Gasteiger partial charge in [-0.2, -0.15) is 0 Å². The maximum Gasteiger partial charge on any atom is 0.328 e. The van der Waals surface area contributed by atoms with Crippen molar-refractivity contribution in [1.29, 1.82) is 0 Å². The Morgan fingerprint density at radius 1 is 1.67 bits per heavy atom. The van der Waals surface area contributed by atoms with Crippen LogP contribution in [-0.4, -0.2) is 62.5 Å². The van der Waals surface area contributed by atoms with Crippen molar-refractivity contribution >= 4 is 23.0 Å². The number of hydrogen-bond donors (Lipinski definition) is 2. The molecule has 0 bridgehead atoms. The van der Waals surface area contributed by atoms with Crippen molar-refractivity contribution in [1.82, 2.24) is 19.9 Å². The normalized spacial score (nSPS) is 24.0. The van der Waals surface area contributed by atoms with Crippen molar-refractivity contribution in [2.45, 2.75) is 43.6 Å². The number of amides is 1. The number of aliphatic carboxylic acids is 1. The maximum atomic E-state index is 11.8. The summed E-state index contributed by atoms with van der Waals surface area (Å²) in [5, 5.41) is 16.7. The molecule has 1 aliphatic heterocycles. The quantitative estimate of drug-likeness (QED) is 0.526. The fourth-order valence-electron chi connectivity index (χ4n) is 2.54.